The monoisotopic (exact) mass is 247 g/mol. The Labute approximate surface area is 111 Å². The van der Waals surface area contributed by atoms with E-state index >= 15 is 0 Å². The maximum atomic E-state index is 4.37. The van der Waals surface area contributed by atoms with E-state index in [9.17, 15) is 0 Å². The molecule has 1 saturated heterocycles. The lowest BCUT2D eigenvalue weighted by Gasteiger charge is -2.38. The number of aromatic nitrogens is 1. The van der Waals surface area contributed by atoms with Crippen LogP contribution in [0.25, 0.3) is 0 Å². The van der Waals surface area contributed by atoms with Crippen molar-refractivity contribution in [3.05, 3.63) is 30.1 Å². The van der Waals surface area contributed by atoms with Gasteiger partial charge in [-0.2, -0.15) is 0 Å². The summed E-state index contributed by atoms with van der Waals surface area (Å²) in [5.41, 5.74) is 1.49. The summed E-state index contributed by atoms with van der Waals surface area (Å²) < 4.78 is 0. The molecule has 1 aromatic heterocycles. The molecule has 1 aromatic rings. The number of pyridine rings is 1. The van der Waals surface area contributed by atoms with Crippen molar-refractivity contribution < 1.29 is 0 Å². The van der Waals surface area contributed by atoms with Crippen LogP contribution >= 0.6 is 0 Å². The highest BCUT2D eigenvalue weighted by molar-refractivity contribution is 5.03. The fraction of sp³-hybridized carbons (Fsp3) is 0.667. The molecule has 1 N–H and O–H groups in total. The Balaban J connectivity index is 1.76. The van der Waals surface area contributed by atoms with E-state index in [0.29, 0.717) is 5.54 Å². The fourth-order valence-electron chi connectivity index (χ4n) is 2.78. The molecule has 0 saturated carbocycles. The maximum Gasteiger partial charge on any atom is 0.0416 e. The minimum absolute atomic E-state index is 0.303. The normalized spacial score (nSPS) is 24.4. The van der Waals surface area contributed by atoms with Gasteiger partial charge in [-0.1, -0.05) is 12.5 Å². The number of piperidine rings is 1. The standard InChI is InChI=1S/C15H25N3/c1-15(9-4-6-11-17-15)13-18(2)12-8-14-7-3-5-10-16-14/h3,5,7,10,17H,4,6,8-9,11-13H2,1-2H3. The first-order valence-electron chi connectivity index (χ1n) is 7.01. The van der Waals surface area contributed by atoms with Crippen molar-refractivity contribution in [2.75, 3.05) is 26.7 Å². The summed E-state index contributed by atoms with van der Waals surface area (Å²) in [6, 6.07) is 6.14. The Hall–Kier alpha value is -0.930. The van der Waals surface area contributed by atoms with Crippen molar-refractivity contribution in [1.29, 1.82) is 0 Å². The zero-order valence-electron chi connectivity index (χ0n) is 11.7. The van der Waals surface area contributed by atoms with Crippen LogP contribution in [-0.4, -0.2) is 42.1 Å². The predicted octanol–water partition coefficient (Wildman–Crippen LogP) is 2.09. The van der Waals surface area contributed by atoms with Crippen molar-refractivity contribution in [2.45, 2.75) is 38.1 Å². The van der Waals surface area contributed by atoms with Crippen molar-refractivity contribution in [1.82, 2.24) is 15.2 Å². The number of hydrogen-bond donors (Lipinski definition) is 1. The summed E-state index contributed by atoms with van der Waals surface area (Å²) >= 11 is 0. The van der Waals surface area contributed by atoms with Gasteiger partial charge in [0, 0.05) is 36.9 Å². The van der Waals surface area contributed by atoms with E-state index < -0.39 is 0 Å². The Morgan fingerprint density at radius 1 is 1.39 bits per heavy atom. The third-order valence-corrected chi connectivity index (χ3v) is 3.80. The van der Waals surface area contributed by atoms with Crippen molar-refractivity contribution >= 4 is 0 Å². The summed E-state index contributed by atoms with van der Waals surface area (Å²) in [7, 11) is 2.21. The molecule has 0 bridgehead atoms. The molecule has 100 valence electrons. The quantitative estimate of drug-likeness (QED) is 0.863. The minimum Gasteiger partial charge on any atom is -0.310 e. The van der Waals surface area contributed by atoms with Crippen molar-refractivity contribution in [3.8, 4) is 0 Å². The van der Waals surface area contributed by atoms with E-state index in [-0.39, 0.29) is 0 Å². The summed E-state index contributed by atoms with van der Waals surface area (Å²) in [4.78, 5) is 6.80. The summed E-state index contributed by atoms with van der Waals surface area (Å²) in [6.45, 7) is 5.72. The van der Waals surface area contributed by atoms with Gasteiger partial charge in [-0.05, 0) is 45.5 Å². The molecule has 3 heteroatoms. The molecule has 1 aliphatic heterocycles. The van der Waals surface area contributed by atoms with Gasteiger partial charge in [0.25, 0.3) is 0 Å². The predicted molar refractivity (Wildman–Crippen MR) is 75.7 cm³/mol. The van der Waals surface area contributed by atoms with Gasteiger partial charge >= 0.3 is 0 Å². The number of rotatable bonds is 5. The van der Waals surface area contributed by atoms with E-state index in [2.05, 4.69) is 41.3 Å². The van der Waals surface area contributed by atoms with Crippen LogP contribution in [0.2, 0.25) is 0 Å². The highest BCUT2D eigenvalue weighted by Crippen LogP contribution is 2.19. The molecule has 0 aromatic carbocycles. The highest BCUT2D eigenvalue weighted by atomic mass is 15.1. The van der Waals surface area contributed by atoms with E-state index in [0.717, 1.165) is 19.5 Å². The second kappa shape index (κ2) is 6.30. The maximum absolute atomic E-state index is 4.37. The van der Waals surface area contributed by atoms with Crippen LogP contribution in [0.5, 0.6) is 0 Å². The van der Waals surface area contributed by atoms with Crippen LogP contribution in [0.3, 0.4) is 0 Å². The Kier molecular flexibility index (Phi) is 4.72. The van der Waals surface area contributed by atoms with Gasteiger partial charge < -0.3 is 10.2 Å². The van der Waals surface area contributed by atoms with Crippen molar-refractivity contribution in [3.63, 3.8) is 0 Å². The topological polar surface area (TPSA) is 28.2 Å². The average Bonchev–Trinajstić information content (AvgIpc) is 2.38. The summed E-state index contributed by atoms with van der Waals surface area (Å²) in [5.74, 6) is 0. The largest absolute Gasteiger partial charge is 0.310 e. The molecule has 1 fully saturated rings. The van der Waals surface area contributed by atoms with Gasteiger partial charge in [-0.25, -0.2) is 0 Å². The minimum atomic E-state index is 0.303. The Morgan fingerprint density at radius 3 is 2.94 bits per heavy atom. The number of nitrogens with zero attached hydrogens (tertiary/aromatic N) is 2. The molecule has 1 unspecified atom stereocenters. The lowest BCUT2D eigenvalue weighted by Crippen LogP contribution is -2.53. The van der Waals surface area contributed by atoms with E-state index in [1.807, 2.05) is 12.3 Å². The number of nitrogens with one attached hydrogen (secondary N) is 1. The lowest BCUT2D eigenvalue weighted by atomic mass is 9.90. The third-order valence-electron chi connectivity index (χ3n) is 3.80. The van der Waals surface area contributed by atoms with Crippen LogP contribution in [0.15, 0.2) is 24.4 Å². The molecule has 0 aliphatic carbocycles. The molecule has 1 aliphatic rings. The summed E-state index contributed by atoms with van der Waals surface area (Å²) in [5, 5.41) is 3.67. The molecule has 1 atom stereocenters. The first-order chi connectivity index (χ1) is 8.68. The molecule has 0 spiro atoms. The van der Waals surface area contributed by atoms with Crippen molar-refractivity contribution in [2.24, 2.45) is 0 Å². The van der Waals surface area contributed by atoms with E-state index in [4.69, 9.17) is 0 Å². The molecule has 18 heavy (non-hydrogen) atoms. The molecular weight excluding hydrogens is 222 g/mol. The molecule has 3 nitrogen and oxygen atoms in total. The van der Waals surface area contributed by atoms with Crippen LogP contribution < -0.4 is 5.32 Å². The second-order valence-corrected chi connectivity index (χ2v) is 5.75. The first kappa shape index (κ1) is 13.5. The van der Waals surface area contributed by atoms with Gasteiger partial charge in [0.2, 0.25) is 0 Å². The Morgan fingerprint density at radius 2 is 2.28 bits per heavy atom. The third kappa shape index (κ3) is 4.07. The second-order valence-electron chi connectivity index (χ2n) is 5.75. The van der Waals surface area contributed by atoms with E-state index in [1.54, 1.807) is 0 Å². The van der Waals surface area contributed by atoms with Gasteiger partial charge in [0.1, 0.15) is 0 Å². The smallest absolute Gasteiger partial charge is 0.0416 e. The molecule has 2 heterocycles. The van der Waals surface area contributed by atoms with Crippen LogP contribution in [0.4, 0.5) is 0 Å². The fourth-order valence-corrected chi connectivity index (χ4v) is 2.78. The first-order valence-corrected chi connectivity index (χ1v) is 7.01. The molecule has 0 amide bonds. The number of likely N-dealkylation sites (N-methyl/N-ethyl adjacent to an activating group) is 1. The lowest BCUT2D eigenvalue weighted by molar-refractivity contribution is 0.188. The van der Waals surface area contributed by atoms with Gasteiger partial charge in [-0.15, -0.1) is 0 Å². The number of hydrogen-bond acceptors (Lipinski definition) is 3. The molecule has 2 rings (SSSR count). The molecular formula is C15H25N3. The Bertz CT molecular complexity index is 344. The SMILES string of the molecule is CN(CCc1ccccn1)CC1(C)CCCCN1. The molecule has 0 radical (unpaired) electrons. The highest BCUT2D eigenvalue weighted by Gasteiger charge is 2.27. The van der Waals surface area contributed by atoms with Gasteiger partial charge in [0.05, 0.1) is 0 Å². The van der Waals surface area contributed by atoms with Crippen LogP contribution in [-0.2, 0) is 6.42 Å². The zero-order chi connectivity index (χ0) is 12.8. The van der Waals surface area contributed by atoms with Crippen LogP contribution in [0.1, 0.15) is 31.9 Å². The zero-order valence-corrected chi connectivity index (χ0v) is 11.7. The summed E-state index contributed by atoms with van der Waals surface area (Å²) in [6.07, 6.45) is 6.89. The average molecular weight is 247 g/mol. The van der Waals surface area contributed by atoms with E-state index in [1.165, 1.54) is 31.5 Å². The van der Waals surface area contributed by atoms with Gasteiger partial charge in [-0.3, -0.25) is 4.98 Å². The van der Waals surface area contributed by atoms with Crippen LogP contribution in [0, 0.1) is 0 Å². The van der Waals surface area contributed by atoms with Gasteiger partial charge in [0.15, 0.2) is 0 Å².